The third-order valence-electron chi connectivity index (χ3n) is 4.68. The molecule has 5 rings (SSSR count). The Morgan fingerprint density at radius 2 is 2.09 bits per heavy atom. The molecule has 6 nitrogen and oxygen atoms in total. The van der Waals surface area contributed by atoms with Gasteiger partial charge in [-0.15, -0.1) is 0 Å². The number of carbonyl (C=O) groups excluding carboxylic acids is 1. The Bertz CT molecular complexity index is 889. The first kappa shape index (κ1) is 12.0. The van der Waals surface area contributed by atoms with Crippen LogP contribution in [0.5, 0.6) is 0 Å². The summed E-state index contributed by atoms with van der Waals surface area (Å²) in [7, 11) is 0. The van der Waals surface area contributed by atoms with Crippen LogP contribution < -0.4 is 5.32 Å². The van der Waals surface area contributed by atoms with Crippen LogP contribution in [0.15, 0.2) is 24.4 Å². The number of amides is 1. The summed E-state index contributed by atoms with van der Waals surface area (Å²) in [5, 5.41) is 18.5. The van der Waals surface area contributed by atoms with Crippen LogP contribution in [-0.4, -0.2) is 26.3 Å². The lowest BCUT2D eigenvalue weighted by atomic mass is 9.84. The molecule has 1 aliphatic carbocycles. The second kappa shape index (κ2) is 4.19. The number of anilines is 1. The molecule has 1 fully saturated rings. The second-order valence-corrected chi connectivity index (χ2v) is 6.20. The lowest BCUT2D eigenvalue weighted by Crippen LogP contribution is -2.23. The van der Waals surface area contributed by atoms with E-state index in [0.29, 0.717) is 18.2 Å². The van der Waals surface area contributed by atoms with E-state index >= 15 is 0 Å². The van der Waals surface area contributed by atoms with E-state index in [0.717, 1.165) is 16.5 Å². The summed E-state index contributed by atoms with van der Waals surface area (Å²) in [5.74, 6) is 1.36. The van der Waals surface area contributed by atoms with Gasteiger partial charge in [0.1, 0.15) is 0 Å². The minimum Gasteiger partial charge on any atom is -0.309 e. The maximum Gasteiger partial charge on any atom is 0.226 e. The van der Waals surface area contributed by atoms with Crippen molar-refractivity contribution in [3.8, 4) is 0 Å². The van der Waals surface area contributed by atoms with Crippen molar-refractivity contribution in [2.75, 3.05) is 5.32 Å². The Morgan fingerprint density at radius 3 is 2.95 bits per heavy atom. The number of rotatable bonds is 2. The first-order valence-corrected chi connectivity index (χ1v) is 7.60. The molecular weight excluding hydrogens is 278 g/mol. The fraction of sp³-hybridized carbons (Fsp3) is 0.312. The van der Waals surface area contributed by atoms with E-state index in [2.05, 4.69) is 43.9 Å². The molecule has 1 saturated carbocycles. The molecule has 3 heterocycles. The molecule has 0 bridgehead atoms. The van der Waals surface area contributed by atoms with Crippen LogP contribution in [0.4, 0.5) is 5.82 Å². The van der Waals surface area contributed by atoms with Gasteiger partial charge in [-0.1, -0.05) is 12.1 Å². The monoisotopic (exact) mass is 293 g/mol. The Morgan fingerprint density at radius 1 is 1.18 bits per heavy atom. The summed E-state index contributed by atoms with van der Waals surface area (Å²) in [6.45, 7) is 0. The van der Waals surface area contributed by atoms with E-state index in [1.165, 1.54) is 24.1 Å². The molecule has 0 spiro atoms. The summed E-state index contributed by atoms with van der Waals surface area (Å²) in [6.07, 6.45) is 4.68. The zero-order chi connectivity index (χ0) is 14.7. The van der Waals surface area contributed by atoms with E-state index in [1.807, 2.05) is 6.20 Å². The van der Waals surface area contributed by atoms with Gasteiger partial charge in [-0.2, -0.15) is 10.2 Å². The Balaban J connectivity index is 1.67. The summed E-state index contributed by atoms with van der Waals surface area (Å²) < 4.78 is 0. The van der Waals surface area contributed by atoms with Crippen LogP contribution in [0.1, 0.15) is 47.9 Å². The molecular formula is C16H15N5O. The van der Waals surface area contributed by atoms with Crippen molar-refractivity contribution in [2.24, 2.45) is 0 Å². The smallest absolute Gasteiger partial charge is 0.226 e. The maximum absolute atomic E-state index is 12.0. The molecule has 6 heteroatoms. The Hall–Kier alpha value is -2.63. The first-order chi connectivity index (χ1) is 10.8. The Labute approximate surface area is 126 Å². The van der Waals surface area contributed by atoms with Crippen LogP contribution in [-0.2, 0) is 4.79 Å². The highest BCUT2D eigenvalue weighted by molar-refractivity contribution is 5.94. The zero-order valence-corrected chi connectivity index (χ0v) is 11.9. The number of hydrogen-bond acceptors (Lipinski definition) is 3. The quantitative estimate of drug-likeness (QED) is 0.679. The van der Waals surface area contributed by atoms with Crippen molar-refractivity contribution in [2.45, 2.75) is 31.1 Å². The fourth-order valence-corrected chi connectivity index (χ4v) is 3.42. The zero-order valence-electron chi connectivity index (χ0n) is 11.9. The van der Waals surface area contributed by atoms with Gasteiger partial charge in [0.05, 0.1) is 11.7 Å². The van der Waals surface area contributed by atoms with Crippen LogP contribution >= 0.6 is 0 Å². The molecule has 3 N–H and O–H groups in total. The van der Waals surface area contributed by atoms with Gasteiger partial charge in [0.15, 0.2) is 5.82 Å². The summed E-state index contributed by atoms with van der Waals surface area (Å²) in [6, 6.07) is 6.24. The van der Waals surface area contributed by atoms with Gasteiger partial charge in [-0.3, -0.25) is 15.0 Å². The molecule has 1 aromatic carbocycles. The second-order valence-electron chi connectivity index (χ2n) is 6.20. The molecule has 0 radical (unpaired) electrons. The fourth-order valence-electron chi connectivity index (χ4n) is 3.42. The minimum atomic E-state index is 0.0241. The normalized spacial score (nSPS) is 20.9. The number of hydrogen-bond donors (Lipinski definition) is 3. The summed E-state index contributed by atoms with van der Waals surface area (Å²) in [5.41, 5.74) is 4.50. The molecule has 110 valence electrons. The van der Waals surface area contributed by atoms with Gasteiger partial charge in [0.2, 0.25) is 5.91 Å². The van der Waals surface area contributed by atoms with Crippen LogP contribution in [0.25, 0.3) is 10.9 Å². The third-order valence-corrected chi connectivity index (χ3v) is 4.68. The first-order valence-electron chi connectivity index (χ1n) is 7.60. The van der Waals surface area contributed by atoms with Crippen molar-refractivity contribution < 1.29 is 4.79 Å². The predicted molar refractivity (Wildman–Crippen MR) is 81.7 cm³/mol. The highest BCUT2D eigenvalue weighted by Crippen LogP contribution is 2.47. The molecule has 3 aromatic rings. The largest absolute Gasteiger partial charge is 0.309 e. The number of nitrogens with zero attached hydrogens (tertiary/aromatic N) is 2. The van der Waals surface area contributed by atoms with Gasteiger partial charge in [-0.05, 0) is 24.5 Å². The minimum absolute atomic E-state index is 0.0241. The highest BCUT2D eigenvalue weighted by Gasteiger charge is 2.37. The number of carbonyl (C=O) groups is 1. The van der Waals surface area contributed by atoms with Gasteiger partial charge >= 0.3 is 0 Å². The number of aromatic amines is 2. The van der Waals surface area contributed by atoms with Crippen molar-refractivity contribution in [3.63, 3.8) is 0 Å². The molecule has 2 aromatic heterocycles. The predicted octanol–water partition coefficient (Wildman–Crippen LogP) is 2.64. The average molecular weight is 293 g/mol. The number of fused-ring (bicyclic) bond motifs is 2. The van der Waals surface area contributed by atoms with Crippen LogP contribution in [0, 0.1) is 0 Å². The van der Waals surface area contributed by atoms with Gasteiger partial charge in [-0.25, -0.2) is 0 Å². The summed E-state index contributed by atoms with van der Waals surface area (Å²) >= 11 is 0. The van der Waals surface area contributed by atoms with Crippen LogP contribution in [0.2, 0.25) is 0 Å². The SMILES string of the molecule is O=C1CC(c2ccc3cn[nH]c3c2)c2c(n[nH]c2C2CC2)N1. The lowest BCUT2D eigenvalue weighted by molar-refractivity contribution is -0.116. The van der Waals surface area contributed by atoms with E-state index in [4.69, 9.17) is 0 Å². The number of benzene rings is 1. The summed E-state index contributed by atoms with van der Waals surface area (Å²) in [4.78, 5) is 12.0. The molecule has 1 unspecified atom stereocenters. The number of H-pyrrole nitrogens is 2. The molecule has 1 aliphatic heterocycles. The molecule has 22 heavy (non-hydrogen) atoms. The molecule has 0 saturated heterocycles. The van der Waals surface area contributed by atoms with E-state index < -0.39 is 0 Å². The van der Waals surface area contributed by atoms with E-state index in [-0.39, 0.29) is 11.8 Å². The standard InChI is InChI=1S/C16H15N5O/c22-13-6-11(9-3-4-10-7-17-19-12(10)5-9)14-15(8-1-2-8)20-21-16(14)18-13/h3-5,7-8,11H,1-2,6H2,(H,17,19)(H2,18,20,21,22). The lowest BCUT2D eigenvalue weighted by Gasteiger charge is -2.23. The number of nitrogens with one attached hydrogen (secondary N) is 3. The third kappa shape index (κ3) is 1.70. The molecule has 2 aliphatic rings. The van der Waals surface area contributed by atoms with Gasteiger partial charge < -0.3 is 5.32 Å². The van der Waals surface area contributed by atoms with Crippen molar-refractivity contribution in [3.05, 3.63) is 41.2 Å². The van der Waals surface area contributed by atoms with Gasteiger partial charge in [0.25, 0.3) is 0 Å². The number of aromatic nitrogens is 4. The Kier molecular flexibility index (Phi) is 2.28. The van der Waals surface area contributed by atoms with E-state index in [1.54, 1.807) is 0 Å². The topological polar surface area (TPSA) is 86.5 Å². The molecule has 1 amide bonds. The average Bonchev–Trinajstić information content (AvgIpc) is 3.10. The van der Waals surface area contributed by atoms with Crippen molar-refractivity contribution >= 4 is 22.6 Å². The van der Waals surface area contributed by atoms with Crippen LogP contribution in [0.3, 0.4) is 0 Å². The highest BCUT2D eigenvalue weighted by atomic mass is 16.1. The van der Waals surface area contributed by atoms with E-state index in [9.17, 15) is 4.79 Å². The van der Waals surface area contributed by atoms with Crippen molar-refractivity contribution in [1.29, 1.82) is 0 Å². The van der Waals surface area contributed by atoms with Crippen molar-refractivity contribution in [1.82, 2.24) is 20.4 Å². The maximum atomic E-state index is 12.0. The molecule has 1 atom stereocenters. The van der Waals surface area contributed by atoms with Gasteiger partial charge in [0, 0.05) is 34.9 Å².